The quantitative estimate of drug-likeness (QED) is 0.849. The number of hydrogen-bond acceptors (Lipinski definition) is 3. The average Bonchev–Trinajstić information content (AvgIpc) is 2.23. The van der Waals surface area contributed by atoms with Crippen LogP contribution in [0.15, 0.2) is 6.07 Å². The first kappa shape index (κ1) is 11.6. The molecule has 3 nitrogen and oxygen atoms in total. The molecule has 0 aliphatic heterocycles. The van der Waals surface area contributed by atoms with E-state index in [4.69, 9.17) is 16.9 Å². The first-order valence-corrected chi connectivity index (χ1v) is 4.55. The molecule has 80 valence electrons. The maximum absolute atomic E-state index is 13.5. The first-order valence-electron chi connectivity index (χ1n) is 4.17. The Morgan fingerprint density at radius 3 is 2.73 bits per heavy atom. The van der Waals surface area contributed by atoms with E-state index in [2.05, 4.69) is 4.74 Å². The predicted molar refractivity (Wildman–Crippen MR) is 53.7 cm³/mol. The maximum atomic E-state index is 13.5. The van der Waals surface area contributed by atoms with Crippen molar-refractivity contribution in [1.82, 2.24) is 0 Å². The fraction of sp³-hybridized carbons (Fsp3) is 0.300. The van der Waals surface area contributed by atoms with Crippen molar-refractivity contribution in [2.75, 3.05) is 7.11 Å². The SMILES string of the molecule is COc1c(Cl)cc(C(C)C#N)c(O)c1F. The zero-order valence-corrected chi connectivity index (χ0v) is 8.97. The molecule has 0 spiro atoms. The van der Waals surface area contributed by atoms with Crippen molar-refractivity contribution in [2.45, 2.75) is 12.8 Å². The number of methoxy groups -OCH3 is 1. The van der Waals surface area contributed by atoms with E-state index in [1.165, 1.54) is 20.1 Å². The Balaban J connectivity index is 3.42. The topological polar surface area (TPSA) is 53.2 Å². The lowest BCUT2D eigenvalue weighted by molar-refractivity contribution is 0.362. The number of benzene rings is 1. The Bertz CT molecular complexity index is 428. The molecule has 1 rings (SSSR count). The molecule has 0 aliphatic carbocycles. The average molecular weight is 230 g/mol. The van der Waals surface area contributed by atoms with Gasteiger partial charge in [-0.25, -0.2) is 0 Å². The molecule has 1 aromatic carbocycles. The third-order valence-electron chi connectivity index (χ3n) is 2.04. The van der Waals surface area contributed by atoms with Crippen molar-refractivity contribution < 1.29 is 14.2 Å². The van der Waals surface area contributed by atoms with E-state index >= 15 is 0 Å². The lowest BCUT2D eigenvalue weighted by atomic mass is 10.0. The lowest BCUT2D eigenvalue weighted by Gasteiger charge is -2.11. The first-order chi connectivity index (χ1) is 7.02. The summed E-state index contributed by atoms with van der Waals surface area (Å²) in [4.78, 5) is 0. The van der Waals surface area contributed by atoms with Crippen molar-refractivity contribution in [3.63, 3.8) is 0 Å². The van der Waals surface area contributed by atoms with Crippen LogP contribution >= 0.6 is 11.6 Å². The number of hydrogen-bond donors (Lipinski definition) is 1. The van der Waals surface area contributed by atoms with E-state index in [9.17, 15) is 9.50 Å². The molecule has 0 aromatic heterocycles. The summed E-state index contributed by atoms with van der Waals surface area (Å²) in [6, 6.07) is 3.21. The van der Waals surface area contributed by atoms with Crippen molar-refractivity contribution in [3.8, 4) is 17.6 Å². The fourth-order valence-corrected chi connectivity index (χ4v) is 1.47. The third kappa shape index (κ3) is 1.97. The fourth-order valence-electron chi connectivity index (χ4n) is 1.20. The monoisotopic (exact) mass is 229 g/mol. The van der Waals surface area contributed by atoms with Crippen molar-refractivity contribution in [1.29, 1.82) is 5.26 Å². The van der Waals surface area contributed by atoms with Gasteiger partial charge in [-0.3, -0.25) is 0 Å². The van der Waals surface area contributed by atoms with Crippen LogP contribution in [-0.2, 0) is 0 Å². The number of phenolic OH excluding ortho intramolecular Hbond substituents is 1. The molecule has 0 radical (unpaired) electrons. The standard InChI is InChI=1S/C10H9ClFNO2/c1-5(4-13)6-3-7(11)10(15-2)8(12)9(6)14/h3,5,14H,1-2H3. The van der Waals surface area contributed by atoms with Crippen LogP contribution < -0.4 is 4.74 Å². The van der Waals surface area contributed by atoms with E-state index in [-0.39, 0.29) is 16.3 Å². The molecule has 1 N–H and O–H groups in total. The Kier molecular flexibility index (Phi) is 3.38. The normalized spacial score (nSPS) is 11.9. The molecule has 0 saturated heterocycles. The molecule has 1 atom stereocenters. The summed E-state index contributed by atoms with van der Waals surface area (Å²) in [6.07, 6.45) is 0. The number of nitriles is 1. The van der Waals surface area contributed by atoms with Gasteiger partial charge in [0.2, 0.25) is 5.82 Å². The highest BCUT2D eigenvalue weighted by Crippen LogP contribution is 2.39. The highest BCUT2D eigenvalue weighted by atomic mass is 35.5. The van der Waals surface area contributed by atoms with Gasteiger partial charge in [-0.15, -0.1) is 0 Å². The van der Waals surface area contributed by atoms with Gasteiger partial charge in [0.05, 0.1) is 24.1 Å². The highest BCUT2D eigenvalue weighted by molar-refractivity contribution is 6.32. The lowest BCUT2D eigenvalue weighted by Crippen LogP contribution is -1.97. The van der Waals surface area contributed by atoms with E-state index in [0.717, 1.165) is 0 Å². The second kappa shape index (κ2) is 4.37. The zero-order chi connectivity index (χ0) is 11.6. The maximum Gasteiger partial charge on any atom is 0.208 e. The van der Waals surface area contributed by atoms with Crippen molar-refractivity contribution in [2.24, 2.45) is 0 Å². The summed E-state index contributed by atoms with van der Waals surface area (Å²) in [5.41, 5.74) is 0.154. The van der Waals surface area contributed by atoms with Crippen LogP contribution in [0, 0.1) is 17.1 Å². The predicted octanol–water partition coefficient (Wildman–Crippen LogP) is 2.82. The van der Waals surface area contributed by atoms with Crippen LogP contribution in [0.1, 0.15) is 18.4 Å². The molecule has 1 unspecified atom stereocenters. The van der Waals surface area contributed by atoms with Crippen molar-refractivity contribution >= 4 is 11.6 Å². The molecule has 0 heterocycles. The smallest absolute Gasteiger partial charge is 0.208 e. The van der Waals surface area contributed by atoms with Crippen LogP contribution in [0.4, 0.5) is 4.39 Å². The van der Waals surface area contributed by atoms with E-state index in [0.29, 0.717) is 0 Å². The molecule has 0 aliphatic rings. The number of nitrogens with zero attached hydrogens (tertiary/aromatic N) is 1. The van der Waals surface area contributed by atoms with Gasteiger partial charge in [-0.1, -0.05) is 11.6 Å². The van der Waals surface area contributed by atoms with Crippen molar-refractivity contribution in [3.05, 3.63) is 22.5 Å². The highest BCUT2D eigenvalue weighted by Gasteiger charge is 2.20. The zero-order valence-electron chi connectivity index (χ0n) is 8.21. The second-order valence-corrected chi connectivity index (χ2v) is 3.40. The Hall–Kier alpha value is -1.47. The van der Waals surface area contributed by atoms with Crippen LogP contribution in [0.3, 0.4) is 0 Å². The summed E-state index contributed by atoms with van der Waals surface area (Å²) >= 11 is 5.72. The van der Waals surface area contributed by atoms with Gasteiger partial charge < -0.3 is 9.84 Å². The summed E-state index contributed by atoms with van der Waals surface area (Å²) in [7, 11) is 1.25. The Labute approximate surface area is 91.7 Å². The molecule has 0 amide bonds. The van der Waals surface area contributed by atoms with Gasteiger partial charge in [0, 0.05) is 5.56 Å². The largest absolute Gasteiger partial charge is 0.504 e. The number of rotatable bonds is 2. The minimum absolute atomic E-state index is 0.0323. The summed E-state index contributed by atoms with van der Waals surface area (Å²) in [5.74, 6) is -2.39. The van der Waals surface area contributed by atoms with Gasteiger partial charge in [-0.05, 0) is 13.0 Å². The molecule has 15 heavy (non-hydrogen) atoms. The van der Waals surface area contributed by atoms with Crippen LogP contribution in [0.2, 0.25) is 5.02 Å². The molecular formula is C10H9ClFNO2. The van der Waals surface area contributed by atoms with E-state index in [1.54, 1.807) is 0 Å². The van der Waals surface area contributed by atoms with Gasteiger partial charge >= 0.3 is 0 Å². The number of phenols is 1. The summed E-state index contributed by atoms with van der Waals surface area (Å²) in [6.45, 7) is 1.54. The second-order valence-electron chi connectivity index (χ2n) is 2.99. The number of aromatic hydroxyl groups is 1. The van der Waals surface area contributed by atoms with Gasteiger partial charge in [-0.2, -0.15) is 9.65 Å². The molecule has 0 fully saturated rings. The van der Waals surface area contributed by atoms with E-state index < -0.39 is 17.5 Å². The van der Waals surface area contributed by atoms with Crippen LogP contribution in [0.5, 0.6) is 11.5 Å². The number of halogens is 2. The molecule has 0 bridgehead atoms. The summed E-state index contributed by atoms with van der Waals surface area (Å²) in [5, 5.41) is 18.2. The molecule has 1 aromatic rings. The van der Waals surface area contributed by atoms with Crippen LogP contribution in [0.25, 0.3) is 0 Å². The minimum atomic E-state index is -0.942. The number of ether oxygens (including phenoxy) is 1. The minimum Gasteiger partial charge on any atom is -0.504 e. The third-order valence-corrected chi connectivity index (χ3v) is 2.32. The Morgan fingerprint density at radius 1 is 1.67 bits per heavy atom. The Morgan fingerprint density at radius 2 is 2.27 bits per heavy atom. The van der Waals surface area contributed by atoms with Gasteiger partial charge in [0.25, 0.3) is 0 Å². The van der Waals surface area contributed by atoms with Gasteiger partial charge in [0.15, 0.2) is 11.5 Å². The van der Waals surface area contributed by atoms with Gasteiger partial charge in [0.1, 0.15) is 0 Å². The molecule has 0 saturated carbocycles. The molecule has 5 heteroatoms. The van der Waals surface area contributed by atoms with Crippen LogP contribution in [-0.4, -0.2) is 12.2 Å². The van der Waals surface area contributed by atoms with E-state index in [1.807, 2.05) is 6.07 Å². The summed E-state index contributed by atoms with van der Waals surface area (Å²) < 4.78 is 18.1. The molecular weight excluding hydrogens is 221 g/mol.